The fourth-order valence-corrected chi connectivity index (χ4v) is 4.46. The summed E-state index contributed by atoms with van der Waals surface area (Å²) in [5.41, 5.74) is 1.36. The Kier molecular flexibility index (Phi) is 5.81. The minimum Gasteiger partial charge on any atom is -0.465 e. The summed E-state index contributed by atoms with van der Waals surface area (Å²) in [4.78, 5) is 29.1. The Bertz CT molecular complexity index is 1300. The number of hydrogen-bond donors (Lipinski definition) is 0. The zero-order valence-electron chi connectivity index (χ0n) is 15.8. The van der Waals surface area contributed by atoms with Crippen molar-refractivity contribution in [3.8, 4) is 0 Å². The van der Waals surface area contributed by atoms with E-state index in [-0.39, 0.29) is 10.5 Å². The highest BCUT2D eigenvalue weighted by atomic mass is 32.2. The lowest BCUT2D eigenvalue weighted by atomic mass is 10.2. The van der Waals surface area contributed by atoms with Crippen molar-refractivity contribution in [1.29, 1.82) is 0 Å². The van der Waals surface area contributed by atoms with Crippen LogP contribution >= 0.6 is 11.3 Å². The number of nitrogens with zero attached hydrogens (tertiary/aromatic N) is 2. The van der Waals surface area contributed by atoms with Gasteiger partial charge in [-0.05, 0) is 36.4 Å². The lowest BCUT2D eigenvalue weighted by Crippen LogP contribution is -2.16. The summed E-state index contributed by atoms with van der Waals surface area (Å²) in [7, 11) is -2.13. The largest absolute Gasteiger partial charge is 0.465 e. The number of thiazole rings is 1. The number of methoxy groups -OCH3 is 1. The van der Waals surface area contributed by atoms with Gasteiger partial charge in [-0.15, -0.1) is 6.58 Å². The molecule has 0 atom stereocenters. The van der Waals surface area contributed by atoms with E-state index in [9.17, 15) is 18.0 Å². The van der Waals surface area contributed by atoms with E-state index in [2.05, 4.69) is 11.6 Å². The Hall–Kier alpha value is -3.04. The first kappa shape index (κ1) is 20.7. The number of fused-ring (bicyclic) bond motifs is 1. The van der Waals surface area contributed by atoms with Crippen LogP contribution in [0.25, 0.3) is 10.2 Å². The number of allylic oxidation sites excluding steroid dienone is 1. The highest BCUT2D eigenvalue weighted by Crippen LogP contribution is 2.20. The molecule has 0 aliphatic heterocycles. The van der Waals surface area contributed by atoms with Gasteiger partial charge in [0.05, 0.1) is 27.8 Å². The van der Waals surface area contributed by atoms with Crippen LogP contribution in [0.3, 0.4) is 0 Å². The van der Waals surface area contributed by atoms with Crippen molar-refractivity contribution in [2.75, 3.05) is 13.4 Å². The number of sulfone groups is 1. The van der Waals surface area contributed by atoms with E-state index in [0.29, 0.717) is 16.9 Å². The van der Waals surface area contributed by atoms with Crippen LogP contribution in [0.4, 0.5) is 0 Å². The summed E-state index contributed by atoms with van der Waals surface area (Å²) in [6, 6.07) is 10.8. The maximum Gasteiger partial charge on any atom is 0.337 e. The van der Waals surface area contributed by atoms with Gasteiger partial charge in [-0.2, -0.15) is 4.99 Å². The summed E-state index contributed by atoms with van der Waals surface area (Å²) >= 11 is 1.24. The number of ether oxygens (including phenoxy) is 1. The molecule has 1 heterocycles. The molecule has 1 amide bonds. The van der Waals surface area contributed by atoms with Gasteiger partial charge in [0.15, 0.2) is 14.6 Å². The van der Waals surface area contributed by atoms with Gasteiger partial charge < -0.3 is 9.30 Å². The van der Waals surface area contributed by atoms with Crippen LogP contribution in [-0.2, 0) is 21.1 Å². The molecule has 0 N–H and O–H groups in total. The molecule has 9 heteroatoms. The molecule has 3 aromatic rings. The molecule has 150 valence electrons. The molecule has 0 saturated carbocycles. The fraction of sp³-hybridized carbons (Fsp3) is 0.150. The SMILES string of the molecule is C=CCn1c(=NC(=O)c2cccc(S(C)(=O)=O)c2)sc2cc(C(=O)OC)ccc21. The van der Waals surface area contributed by atoms with Crippen molar-refractivity contribution in [3.05, 3.63) is 71.0 Å². The molecule has 7 nitrogen and oxygen atoms in total. The second-order valence-electron chi connectivity index (χ2n) is 6.17. The zero-order valence-corrected chi connectivity index (χ0v) is 17.4. The van der Waals surface area contributed by atoms with E-state index < -0.39 is 21.7 Å². The van der Waals surface area contributed by atoms with Crippen LogP contribution in [0.2, 0.25) is 0 Å². The summed E-state index contributed by atoms with van der Waals surface area (Å²) in [6.07, 6.45) is 2.75. The lowest BCUT2D eigenvalue weighted by molar-refractivity contribution is 0.0600. The second kappa shape index (κ2) is 8.14. The quantitative estimate of drug-likeness (QED) is 0.458. The van der Waals surface area contributed by atoms with E-state index in [4.69, 9.17) is 4.74 Å². The molecule has 0 spiro atoms. The molecular formula is C20H18N2O5S2. The first-order valence-corrected chi connectivity index (χ1v) is 11.2. The van der Waals surface area contributed by atoms with E-state index in [1.165, 1.54) is 42.7 Å². The lowest BCUT2D eigenvalue weighted by Gasteiger charge is -2.03. The Labute approximate surface area is 171 Å². The van der Waals surface area contributed by atoms with E-state index in [1.807, 2.05) is 0 Å². The Morgan fingerprint density at radius 3 is 2.62 bits per heavy atom. The third kappa shape index (κ3) is 4.36. The minimum atomic E-state index is -3.44. The van der Waals surface area contributed by atoms with Crippen LogP contribution < -0.4 is 4.80 Å². The molecule has 0 unspecified atom stereocenters. The summed E-state index contributed by atoms with van der Waals surface area (Å²) < 4.78 is 30.8. The smallest absolute Gasteiger partial charge is 0.337 e. The Morgan fingerprint density at radius 1 is 1.21 bits per heavy atom. The first-order valence-electron chi connectivity index (χ1n) is 8.46. The third-order valence-electron chi connectivity index (χ3n) is 4.12. The highest BCUT2D eigenvalue weighted by Gasteiger charge is 2.14. The number of carbonyl (C=O) groups excluding carboxylic acids is 2. The first-order chi connectivity index (χ1) is 13.7. The fourth-order valence-electron chi connectivity index (χ4n) is 2.72. The maximum absolute atomic E-state index is 12.7. The number of benzene rings is 2. The number of hydrogen-bond acceptors (Lipinski definition) is 6. The van der Waals surface area contributed by atoms with Gasteiger partial charge in [0.1, 0.15) is 0 Å². The molecule has 0 aliphatic carbocycles. The molecule has 0 aliphatic rings. The normalized spacial score (nSPS) is 12.1. The molecule has 2 aromatic carbocycles. The molecular weight excluding hydrogens is 412 g/mol. The van der Waals surface area contributed by atoms with E-state index >= 15 is 0 Å². The standard InChI is InChI=1S/C20H18N2O5S2/c1-4-10-22-16-9-8-14(19(24)27-2)12-17(16)28-20(22)21-18(23)13-6-5-7-15(11-13)29(3,25)26/h4-9,11-12H,1,10H2,2-3H3. The van der Waals surface area contributed by atoms with Crippen LogP contribution in [0.15, 0.2) is 65.0 Å². The van der Waals surface area contributed by atoms with Gasteiger partial charge in [-0.1, -0.05) is 23.5 Å². The topological polar surface area (TPSA) is 94.8 Å². The van der Waals surface area contributed by atoms with Gasteiger partial charge in [0, 0.05) is 18.4 Å². The second-order valence-corrected chi connectivity index (χ2v) is 9.20. The van der Waals surface area contributed by atoms with Crippen molar-refractivity contribution < 1.29 is 22.7 Å². The molecule has 1 aromatic heterocycles. The van der Waals surface area contributed by atoms with Crippen molar-refractivity contribution >= 4 is 43.3 Å². The van der Waals surface area contributed by atoms with Crippen molar-refractivity contribution in [2.45, 2.75) is 11.4 Å². The molecule has 0 bridgehead atoms. The predicted molar refractivity (Wildman–Crippen MR) is 111 cm³/mol. The van der Waals surface area contributed by atoms with Crippen LogP contribution in [0.1, 0.15) is 20.7 Å². The van der Waals surface area contributed by atoms with Gasteiger partial charge in [0.25, 0.3) is 5.91 Å². The molecule has 3 rings (SSSR count). The van der Waals surface area contributed by atoms with E-state index in [1.54, 1.807) is 28.8 Å². The highest BCUT2D eigenvalue weighted by molar-refractivity contribution is 7.90. The maximum atomic E-state index is 12.7. The van der Waals surface area contributed by atoms with Crippen LogP contribution in [0, 0.1) is 0 Å². The number of rotatable bonds is 5. The minimum absolute atomic E-state index is 0.0524. The van der Waals surface area contributed by atoms with Gasteiger partial charge in [-0.3, -0.25) is 4.79 Å². The average Bonchev–Trinajstić information content (AvgIpc) is 3.03. The number of aromatic nitrogens is 1. The summed E-state index contributed by atoms with van der Waals surface area (Å²) in [6.45, 7) is 4.14. The number of esters is 1. The molecule has 29 heavy (non-hydrogen) atoms. The van der Waals surface area contributed by atoms with Crippen molar-refractivity contribution in [3.63, 3.8) is 0 Å². The molecule has 0 fully saturated rings. The summed E-state index contributed by atoms with van der Waals surface area (Å²) in [5, 5.41) is 0. The van der Waals surface area contributed by atoms with Crippen molar-refractivity contribution in [2.24, 2.45) is 4.99 Å². The average molecular weight is 431 g/mol. The predicted octanol–water partition coefficient (Wildman–Crippen LogP) is 2.82. The third-order valence-corrected chi connectivity index (χ3v) is 6.27. The summed E-state index contributed by atoms with van der Waals surface area (Å²) in [5.74, 6) is -1.02. The van der Waals surface area contributed by atoms with Crippen LogP contribution in [-0.4, -0.2) is 38.2 Å². The Balaban J connectivity index is 2.13. The van der Waals surface area contributed by atoms with Crippen LogP contribution in [0.5, 0.6) is 0 Å². The van der Waals surface area contributed by atoms with E-state index in [0.717, 1.165) is 16.5 Å². The molecule has 0 radical (unpaired) electrons. The van der Waals surface area contributed by atoms with Gasteiger partial charge in [-0.25, -0.2) is 13.2 Å². The number of amides is 1. The van der Waals surface area contributed by atoms with Gasteiger partial charge >= 0.3 is 5.97 Å². The molecule has 0 saturated heterocycles. The Morgan fingerprint density at radius 2 is 1.97 bits per heavy atom. The number of carbonyl (C=O) groups is 2. The van der Waals surface area contributed by atoms with Gasteiger partial charge in [0.2, 0.25) is 0 Å². The zero-order chi connectivity index (χ0) is 21.2. The van der Waals surface area contributed by atoms with Crippen molar-refractivity contribution in [1.82, 2.24) is 4.57 Å². The monoisotopic (exact) mass is 430 g/mol.